The third-order valence-corrected chi connectivity index (χ3v) is 4.24. The molecule has 6 atom stereocenters. The first-order valence-electron chi connectivity index (χ1n) is 5.78. The monoisotopic (exact) mass is 195 g/mol. The van der Waals surface area contributed by atoms with Crippen molar-refractivity contribution in [2.45, 2.75) is 32.7 Å². The van der Waals surface area contributed by atoms with Gasteiger partial charge in [0.05, 0.1) is 7.05 Å². The van der Waals surface area contributed by atoms with Crippen LogP contribution in [0, 0.1) is 28.9 Å². The molecule has 2 nitrogen and oxygen atoms in total. The van der Waals surface area contributed by atoms with E-state index in [-0.39, 0.29) is 6.04 Å². The Morgan fingerprint density at radius 2 is 2.00 bits per heavy atom. The van der Waals surface area contributed by atoms with Crippen LogP contribution in [0.15, 0.2) is 12.2 Å². The van der Waals surface area contributed by atoms with E-state index >= 15 is 0 Å². The molecule has 0 bridgehead atoms. The molecule has 0 saturated heterocycles. The van der Waals surface area contributed by atoms with E-state index < -0.39 is 0 Å². The second kappa shape index (κ2) is 3.67. The molecule has 6 unspecified atom stereocenters. The van der Waals surface area contributed by atoms with Crippen LogP contribution in [0.2, 0.25) is 0 Å². The number of hydrogen-bond donors (Lipinski definition) is 1. The van der Waals surface area contributed by atoms with Gasteiger partial charge in [0.25, 0.3) is 0 Å². The van der Waals surface area contributed by atoms with Crippen LogP contribution in [0.3, 0.4) is 0 Å². The highest BCUT2D eigenvalue weighted by Gasteiger charge is 2.47. The lowest BCUT2D eigenvalue weighted by Gasteiger charge is -2.31. The number of likely N-dealkylation sites (N-methyl/N-ethyl adjacent to an activating group) is 1. The van der Waals surface area contributed by atoms with Gasteiger partial charge < -0.3 is 10.3 Å². The number of rotatable bonds is 1. The molecule has 1 N–H and O–H groups in total. The molecule has 0 heterocycles. The van der Waals surface area contributed by atoms with Gasteiger partial charge in [0, 0.05) is 5.92 Å². The number of fused-ring (bicyclic) bond motifs is 1. The highest BCUT2D eigenvalue weighted by molar-refractivity contribution is 5.05. The van der Waals surface area contributed by atoms with Crippen LogP contribution < -0.4 is 5.06 Å². The summed E-state index contributed by atoms with van der Waals surface area (Å²) < 4.78 is 0. The van der Waals surface area contributed by atoms with Crippen molar-refractivity contribution in [3.05, 3.63) is 17.4 Å². The first-order chi connectivity index (χ1) is 6.61. The average Bonchev–Trinajstić information content (AvgIpc) is 2.65. The zero-order chi connectivity index (χ0) is 10.3. The van der Waals surface area contributed by atoms with Gasteiger partial charge in [-0.3, -0.25) is 0 Å². The van der Waals surface area contributed by atoms with Crippen molar-refractivity contribution < 1.29 is 5.06 Å². The maximum absolute atomic E-state index is 11.4. The lowest BCUT2D eigenvalue weighted by Crippen LogP contribution is -3.08. The second-order valence-corrected chi connectivity index (χ2v) is 5.20. The van der Waals surface area contributed by atoms with Gasteiger partial charge in [-0.05, 0) is 36.7 Å². The Morgan fingerprint density at radius 1 is 1.29 bits per heavy atom. The fourth-order valence-corrected chi connectivity index (χ4v) is 3.10. The first-order valence-corrected chi connectivity index (χ1v) is 5.78. The van der Waals surface area contributed by atoms with E-state index in [0.717, 1.165) is 17.8 Å². The molecular weight excluding hydrogens is 174 g/mol. The minimum atomic E-state index is 0.184. The highest BCUT2D eigenvalue weighted by atomic mass is 16.5. The molecule has 2 rings (SSSR count). The predicted molar refractivity (Wildman–Crippen MR) is 57.7 cm³/mol. The molecule has 0 aromatic carbocycles. The SMILES string of the molecule is CC1CC2C(C)C2CC=CC1[NH+](C)[O-]. The Morgan fingerprint density at radius 3 is 2.64 bits per heavy atom. The average molecular weight is 195 g/mol. The first kappa shape index (κ1) is 10.2. The van der Waals surface area contributed by atoms with Crippen molar-refractivity contribution in [1.29, 1.82) is 0 Å². The van der Waals surface area contributed by atoms with Gasteiger partial charge in [-0.15, -0.1) is 0 Å². The molecule has 0 spiro atoms. The maximum atomic E-state index is 11.4. The molecule has 0 aromatic heterocycles. The molecule has 1 saturated carbocycles. The largest absolute Gasteiger partial charge is 0.634 e. The number of hydrogen-bond acceptors (Lipinski definition) is 1. The molecule has 0 aromatic rings. The lowest BCUT2D eigenvalue weighted by atomic mass is 9.92. The van der Waals surface area contributed by atoms with Gasteiger partial charge in [-0.2, -0.15) is 0 Å². The van der Waals surface area contributed by atoms with Crippen molar-refractivity contribution in [3.63, 3.8) is 0 Å². The van der Waals surface area contributed by atoms with E-state index in [1.165, 1.54) is 12.8 Å². The summed E-state index contributed by atoms with van der Waals surface area (Å²) in [7, 11) is 1.72. The molecular formula is C12H21NO. The molecule has 2 heteroatoms. The Balaban J connectivity index is 2.06. The molecule has 14 heavy (non-hydrogen) atoms. The molecule has 0 amide bonds. The van der Waals surface area contributed by atoms with Crippen LogP contribution in [-0.4, -0.2) is 13.1 Å². The smallest absolute Gasteiger partial charge is 0.108 e. The van der Waals surface area contributed by atoms with E-state index in [9.17, 15) is 5.21 Å². The van der Waals surface area contributed by atoms with Crippen LogP contribution >= 0.6 is 0 Å². The normalized spacial score (nSPS) is 49.0. The van der Waals surface area contributed by atoms with E-state index in [0.29, 0.717) is 11.0 Å². The Labute approximate surface area is 86.6 Å². The van der Waals surface area contributed by atoms with Crippen LogP contribution in [0.5, 0.6) is 0 Å². The summed E-state index contributed by atoms with van der Waals surface area (Å²) in [6, 6.07) is 0.184. The van der Waals surface area contributed by atoms with E-state index in [2.05, 4.69) is 26.0 Å². The van der Waals surface area contributed by atoms with Crippen LogP contribution in [-0.2, 0) is 0 Å². The van der Waals surface area contributed by atoms with Crippen LogP contribution in [0.1, 0.15) is 26.7 Å². The Hall–Kier alpha value is -0.340. The second-order valence-electron chi connectivity index (χ2n) is 5.20. The van der Waals surface area contributed by atoms with Crippen molar-refractivity contribution in [2.24, 2.45) is 23.7 Å². The van der Waals surface area contributed by atoms with Crippen molar-refractivity contribution in [3.8, 4) is 0 Å². The van der Waals surface area contributed by atoms with Gasteiger partial charge in [-0.25, -0.2) is 0 Å². The van der Waals surface area contributed by atoms with Crippen molar-refractivity contribution in [2.75, 3.05) is 7.05 Å². The molecule has 2 aliphatic rings. The number of nitrogens with one attached hydrogen (secondary N) is 1. The molecule has 80 valence electrons. The minimum Gasteiger partial charge on any atom is -0.634 e. The van der Waals surface area contributed by atoms with E-state index in [1.807, 2.05) is 0 Å². The zero-order valence-corrected chi connectivity index (χ0v) is 9.36. The van der Waals surface area contributed by atoms with Gasteiger partial charge in [-0.1, -0.05) is 19.9 Å². The Bertz CT molecular complexity index is 236. The fourth-order valence-electron chi connectivity index (χ4n) is 3.10. The summed E-state index contributed by atoms with van der Waals surface area (Å²) in [5.74, 6) is 3.26. The van der Waals surface area contributed by atoms with Crippen molar-refractivity contribution in [1.82, 2.24) is 0 Å². The van der Waals surface area contributed by atoms with Gasteiger partial charge >= 0.3 is 0 Å². The third kappa shape index (κ3) is 1.73. The quantitative estimate of drug-likeness (QED) is 0.494. The van der Waals surface area contributed by atoms with Crippen LogP contribution in [0.25, 0.3) is 0 Å². The highest BCUT2D eigenvalue weighted by Crippen LogP contribution is 2.52. The molecule has 1 fully saturated rings. The Kier molecular flexibility index (Phi) is 2.67. The summed E-state index contributed by atoms with van der Waals surface area (Å²) in [5.41, 5.74) is 0. The zero-order valence-electron chi connectivity index (χ0n) is 9.36. The van der Waals surface area contributed by atoms with Crippen LogP contribution in [0.4, 0.5) is 0 Å². The number of quaternary nitrogens is 1. The van der Waals surface area contributed by atoms with Gasteiger partial charge in [0.2, 0.25) is 0 Å². The lowest BCUT2D eigenvalue weighted by molar-refractivity contribution is -0.851. The number of allylic oxidation sites excluding steroid dienone is 1. The minimum absolute atomic E-state index is 0.184. The van der Waals surface area contributed by atoms with Gasteiger partial charge in [0.1, 0.15) is 6.04 Å². The molecule has 0 aliphatic heterocycles. The summed E-state index contributed by atoms with van der Waals surface area (Å²) in [6.45, 7) is 4.58. The summed E-state index contributed by atoms with van der Waals surface area (Å²) in [5, 5.41) is 11.8. The van der Waals surface area contributed by atoms with E-state index in [4.69, 9.17) is 0 Å². The summed E-state index contributed by atoms with van der Waals surface area (Å²) in [6.07, 6.45) is 6.83. The fraction of sp³-hybridized carbons (Fsp3) is 0.833. The maximum Gasteiger partial charge on any atom is 0.108 e. The van der Waals surface area contributed by atoms with Crippen molar-refractivity contribution >= 4 is 0 Å². The van der Waals surface area contributed by atoms with Gasteiger partial charge in [0.15, 0.2) is 0 Å². The predicted octanol–water partition coefficient (Wildman–Crippen LogP) is 1.24. The van der Waals surface area contributed by atoms with E-state index in [1.54, 1.807) is 7.05 Å². The summed E-state index contributed by atoms with van der Waals surface area (Å²) in [4.78, 5) is 0. The third-order valence-electron chi connectivity index (χ3n) is 4.24. The molecule has 2 aliphatic carbocycles. The molecule has 0 radical (unpaired) electrons. The standard InChI is InChI=1S/C12H21NO/c1-8-7-11-9(2)10(11)5-4-6-12(8)13(3)14/h4,6,8-13H,5,7H2,1-3H3. The topological polar surface area (TPSA) is 27.5 Å². The number of hydroxylamine groups is 2. The summed E-state index contributed by atoms with van der Waals surface area (Å²) >= 11 is 0.